The fraction of sp³-hybridized carbons (Fsp3) is 0.667. The van der Waals surface area contributed by atoms with Crippen LogP contribution in [-0.2, 0) is 59.1 Å². The highest BCUT2D eigenvalue weighted by atomic mass is 16.8. The predicted octanol–water partition coefficient (Wildman–Crippen LogP) is 2.74. The fourth-order valence-corrected chi connectivity index (χ4v) is 5.86. The summed E-state index contributed by atoms with van der Waals surface area (Å²) >= 11 is 0. The minimum Gasteiger partial charge on any atom is -0.463 e. The molecular formula is C30H44N2O11. The molecular weight excluding hydrogens is 564 g/mol. The molecule has 0 amide bonds. The van der Waals surface area contributed by atoms with Gasteiger partial charge in [-0.1, -0.05) is 30.3 Å². The van der Waals surface area contributed by atoms with E-state index < -0.39 is 65.7 Å². The summed E-state index contributed by atoms with van der Waals surface area (Å²) in [5.74, 6) is -2.73. The first kappa shape index (κ1) is 34.4. The van der Waals surface area contributed by atoms with Crippen LogP contribution in [0.15, 0.2) is 30.3 Å². The standard InChI is InChI=1S/C30H44N2O11/c1-18(33)37-17-24-25(39-19(2)34)26(40-20(3)35)27(41-21(4)36)28(42-24)43-31-23-14-29(5,6)32(30(7,8)15-23)38-16-22-12-10-9-11-13-22/h9-13,23-28,31H,14-17H2,1-8H3/t24-,25-,26+,27+,28-/m1/s1. The molecule has 2 aliphatic rings. The molecule has 0 saturated carbocycles. The van der Waals surface area contributed by atoms with Crippen molar-refractivity contribution in [3.8, 4) is 0 Å². The molecule has 13 heteroatoms. The van der Waals surface area contributed by atoms with Crippen LogP contribution in [0.5, 0.6) is 0 Å². The number of ether oxygens (including phenoxy) is 5. The monoisotopic (exact) mass is 608 g/mol. The summed E-state index contributed by atoms with van der Waals surface area (Å²) in [7, 11) is 0. The maximum absolute atomic E-state index is 12.1. The van der Waals surface area contributed by atoms with Crippen molar-refractivity contribution < 1.29 is 52.5 Å². The summed E-state index contributed by atoms with van der Waals surface area (Å²) in [6.07, 6.45) is -5.09. The second kappa shape index (κ2) is 14.6. The average Bonchev–Trinajstić information content (AvgIpc) is 2.87. The Balaban J connectivity index is 1.80. The van der Waals surface area contributed by atoms with Crippen molar-refractivity contribution >= 4 is 23.9 Å². The quantitative estimate of drug-likeness (QED) is 0.223. The van der Waals surface area contributed by atoms with Gasteiger partial charge in [-0.3, -0.25) is 28.9 Å². The van der Waals surface area contributed by atoms with Crippen molar-refractivity contribution in [3.05, 3.63) is 35.9 Å². The van der Waals surface area contributed by atoms with Crippen LogP contribution in [0.4, 0.5) is 0 Å². The number of hydrogen-bond acceptors (Lipinski definition) is 13. The molecule has 2 fully saturated rings. The van der Waals surface area contributed by atoms with E-state index in [1.165, 1.54) is 13.8 Å². The molecule has 43 heavy (non-hydrogen) atoms. The van der Waals surface area contributed by atoms with Gasteiger partial charge in [0, 0.05) is 44.8 Å². The largest absolute Gasteiger partial charge is 0.463 e. The van der Waals surface area contributed by atoms with Crippen LogP contribution in [0.2, 0.25) is 0 Å². The number of benzene rings is 1. The third-order valence-electron chi connectivity index (χ3n) is 7.09. The third-order valence-corrected chi connectivity index (χ3v) is 7.09. The van der Waals surface area contributed by atoms with Gasteiger partial charge < -0.3 is 23.7 Å². The molecule has 0 unspecified atom stereocenters. The molecule has 3 rings (SSSR count). The van der Waals surface area contributed by atoms with Gasteiger partial charge in [0.05, 0.1) is 6.61 Å². The Morgan fingerprint density at radius 3 is 1.88 bits per heavy atom. The molecule has 1 aromatic rings. The molecule has 0 aliphatic carbocycles. The van der Waals surface area contributed by atoms with E-state index in [1.54, 1.807) is 0 Å². The minimum atomic E-state index is -1.32. The van der Waals surface area contributed by atoms with Gasteiger partial charge in [-0.15, -0.1) is 0 Å². The molecule has 0 spiro atoms. The minimum absolute atomic E-state index is 0.201. The zero-order chi connectivity index (χ0) is 31.9. The van der Waals surface area contributed by atoms with Crippen LogP contribution in [0.1, 0.15) is 73.8 Å². The van der Waals surface area contributed by atoms with Crippen LogP contribution in [0, 0.1) is 0 Å². The molecule has 1 aromatic carbocycles. The average molecular weight is 609 g/mol. The number of nitrogens with one attached hydrogen (secondary N) is 1. The van der Waals surface area contributed by atoms with Gasteiger partial charge >= 0.3 is 23.9 Å². The fourth-order valence-electron chi connectivity index (χ4n) is 5.86. The van der Waals surface area contributed by atoms with E-state index in [-0.39, 0.29) is 12.6 Å². The van der Waals surface area contributed by atoms with Gasteiger partial charge in [0.1, 0.15) is 12.7 Å². The van der Waals surface area contributed by atoms with E-state index in [9.17, 15) is 19.2 Å². The summed E-state index contributed by atoms with van der Waals surface area (Å²) < 4.78 is 27.5. The normalized spacial score (nSPS) is 27.1. The van der Waals surface area contributed by atoms with Crippen molar-refractivity contribution in [1.29, 1.82) is 0 Å². The number of rotatable bonds is 11. The Bertz CT molecular complexity index is 1110. The van der Waals surface area contributed by atoms with Gasteiger partial charge in [-0.25, -0.2) is 0 Å². The number of carbonyl (C=O) groups excluding carboxylic acids is 4. The molecule has 1 N–H and O–H groups in total. The van der Waals surface area contributed by atoms with E-state index in [4.69, 9.17) is 33.4 Å². The number of piperidine rings is 1. The van der Waals surface area contributed by atoms with Gasteiger partial charge in [0.25, 0.3) is 0 Å². The van der Waals surface area contributed by atoms with Crippen LogP contribution in [0.25, 0.3) is 0 Å². The number of esters is 4. The summed E-state index contributed by atoms with van der Waals surface area (Å²) in [4.78, 5) is 60.0. The first-order valence-corrected chi connectivity index (χ1v) is 14.3. The molecule has 2 aliphatic heterocycles. The zero-order valence-electron chi connectivity index (χ0n) is 26.1. The number of hydroxylamine groups is 3. The highest BCUT2D eigenvalue weighted by Gasteiger charge is 2.54. The third kappa shape index (κ3) is 9.70. The van der Waals surface area contributed by atoms with E-state index in [0.29, 0.717) is 19.4 Å². The maximum Gasteiger partial charge on any atom is 0.303 e. The predicted molar refractivity (Wildman–Crippen MR) is 150 cm³/mol. The van der Waals surface area contributed by atoms with Crippen molar-refractivity contribution in [1.82, 2.24) is 10.5 Å². The van der Waals surface area contributed by atoms with E-state index in [2.05, 4.69) is 33.2 Å². The molecule has 0 bridgehead atoms. The van der Waals surface area contributed by atoms with Gasteiger partial charge in [-0.2, -0.15) is 10.5 Å². The van der Waals surface area contributed by atoms with Gasteiger partial charge in [-0.05, 0) is 46.1 Å². The highest BCUT2D eigenvalue weighted by molar-refractivity contribution is 5.68. The number of carbonyl (C=O) groups is 4. The van der Waals surface area contributed by atoms with Crippen LogP contribution >= 0.6 is 0 Å². The van der Waals surface area contributed by atoms with Gasteiger partial charge in [0.2, 0.25) is 6.29 Å². The van der Waals surface area contributed by atoms with Crippen molar-refractivity contribution in [2.45, 2.75) is 123 Å². The Morgan fingerprint density at radius 1 is 0.814 bits per heavy atom. The second-order valence-electron chi connectivity index (χ2n) is 12.1. The van der Waals surface area contributed by atoms with Crippen LogP contribution in [-0.4, -0.2) is 83.4 Å². The molecule has 2 saturated heterocycles. The molecule has 240 valence electrons. The summed E-state index contributed by atoms with van der Waals surface area (Å²) in [6.45, 7) is 13.1. The lowest BCUT2D eigenvalue weighted by molar-refractivity contribution is -0.330. The lowest BCUT2D eigenvalue weighted by atomic mass is 9.79. The second-order valence-corrected chi connectivity index (χ2v) is 12.1. The van der Waals surface area contributed by atoms with E-state index in [1.807, 2.05) is 35.4 Å². The van der Waals surface area contributed by atoms with E-state index in [0.717, 1.165) is 19.4 Å². The highest BCUT2D eigenvalue weighted by Crippen LogP contribution is 2.39. The first-order valence-electron chi connectivity index (χ1n) is 14.3. The molecule has 13 nitrogen and oxygen atoms in total. The Hall–Kier alpha value is -3.10. The van der Waals surface area contributed by atoms with Crippen molar-refractivity contribution in [2.24, 2.45) is 0 Å². The van der Waals surface area contributed by atoms with Crippen LogP contribution in [0.3, 0.4) is 0 Å². The Morgan fingerprint density at radius 2 is 1.35 bits per heavy atom. The topological polar surface area (TPSA) is 148 Å². The Labute approximate surface area is 252 Å². The Kier molecular flexibility index (Phi) is 11.7. The van der Waals surface area contributed by atoms with Crippen molar-refractivity contribution in [3.63, 3.8) is 0 Å². The molecule has 5 atom stereocenters. The smallest absolute Gasteiger partial charge is 0.303 e. The number of hydrogen-bond donors (Lipinski definition) is 1. The lowest BCUT2D eigenvalue weighted by Gasteiger charge is -2.54. The SMILES string of the molecule is CC(=O)OC[C@H]1O[C@H](ONC2CC(C)(C)N(OCc3ccccc3)C(C)(C)C2)[C@@H](OC(C)=O)[C@@H](OC(C)=O)[C@@H]1OC(C)=O. The maximum atomic E-state index is 12.1. The molecule has 0 radical (unpaired) electrons. The van der Waals surface area contributed by atoms with Crippen LogP contribution < -0.4 is 5.48 Å². The zero-order valence-corrected chi connectivity index (χ0v) is 26.1. The molecule has 0 aromatic heterocycles. The lowest BCUT2D eigenvalue weighted by Crippen LogP contribution is -2.65. The summed E-state index contributed by atoms with van der Waals surface area (Å²) in [6, 6.07) is 9.71. The van der Waals surface area contributed by atoms with Gasteiger partial charge in [0.15, 0.2) is 18.3 Å². The summed E-state index contributed by atoms with van der Waals surface area (Å²) in [5, 5.41) is 2.01. The molecule has 2 heterocycles. The van der Waals surface area contributed by atoms with E-state index >= 15 is 0 Å². The van der Waals surface area contributed by atoms with Crippen molar-refractivity contribution in [2.75, 3.05) is 6.61 Å². The first-order chi connectivity index (χ1) is 20.1. The number of nitrogens with zero attached hydrogens (tertiary/aromatic N) is 1. The summed E-state index contributed by atoms with van der Waals surface area (Å²) in [5.41, 5.74) is 3.28.